The van der Waals surface area contributed by atoms with Gasteiger partial charge in [-0.05, 0) is 42.8 Å². The van der Waals surface area contributed by atoms with E-state index in [1.807, 2.05) is 35.0 Å². The fourth-order valence-corrected chi connectivity index (χ4v) is 3.71. The molecular weight excluding hydrogens is 354 g/mol. The third-order valence-corrected chi connectivity index (χ3v) is 5.13. The molecule has 0 radical (unpaired) electrons. The van der Waals surface area contributed by atoms with Gasteiger partial charge in [0.2, 0.25) is 5.91 Å². The van der Waals surface area contributed by atoms with E-state index >= 15 is 0 Å². The molecule has 0 unspecified atom stereocenters. The Hall–Kier alpha value is -2.93. The molecule has 7 nitrogen and oxygen atoms in total. The molecule has 28 heavy (non-hydrogen) atoms. The molecule has 1 fully saturated rings. The van der Waals surface area contributed by atoms with E-state index in [1.54, 1.807) is 13.3 Å². The highest BCUT2D eigenvalue weighted by Crippen LogP contribution is 2.27. The second-order valence-corrected chi connectivity index (χ2v) is 7.05. The smallest absolute Gasteiger partial charge is 0.224 e. The van der Waals surface area contributed by atoms with Crippen LogP contribution in [-0.4, -0.2) is 47.4 Å². The van der Waals surface area contributed by atoms with Crippen molar-refractivity contribution in [3.05, 3.63) is 53.9 Å². The Morgan fingerprint density at radius 1 is 1.36 bits per heavy atom. The van der Waals surface area contributed by atoms with Gasteiger partial charge in [-0.25, -0.2) is 9.67 Å². The summed E-state index contributed by atoms with van der Waals surface area (Å²) >= 11 is 0. The fraction of sp³-hybridized carbons (Fsp3) is 0.381. The minimum absolute atomic E-state index is 0.0158. The first-order valence-corrected chi connectivity index (χ1v) is 9.66. The molecule has 1 aliphatic rings. The van der Waals surface area contributed by atoms with Gasteiger partial charge in [0, 0.05) is 30.6 Å². The van der Waals surface area contributed by atoms with Crippen molar-refractivity contribution in [2.75, 3.05) is 26.7 Å². The van der Waals surface area contributed by atoms with Crippen LogP contribution in [0.1, 0.15) is 23.6 Å². The number of amides is 1. The molecule has 2 N–H and O–H groups in total. The first kappa shape index (κ1) is 18.4. The van der Waals surface area contributed by atoms with Crippen LogP contribution in [0.4, 0.5) is 0 Å². The summed E-state index contributed by atoms with van der Waals surface area (Å²) in [7, 11) is 1.62. The summed E-state index contributed by atoms with van der Waals surface area (Å²) in [5.74, 6) is 1.17. The lowest BCUT2D eigenvalue weighted by Gasteiger charge is -2.07. The topological polar surface area (TPSA) is 81.1 Å². The fourth-order valence-electron chi connectivity index (χ4n) is 3.71. The molecule has 0 saturated carbocycles. The zero-order valence-electron chi connectivity index (χ0n) is 16.0. The highest BCUT2D eigenvalue weighted by Gasteiger charge is 2.23. The van der Waals surface area contributed by atoms with E-state index < -0.39 is 0 Å². The zero-order valence-corrected chi connectivity index (χ0v) is 16.0. The van der Waals surface area contributed by atoms with Crippen molar-refractivity contribution in [1.82, 2.24) is 25.4 Å². The lowest BCUT2D eigenvalue weighted by atomic mass is 10.0. The van der Waals surface area contributed by atoms with Gasteiger partial charge in [-0.15, -0.1) is 0 Å². The van der Waals surface area contributed by atoms with E-state index in [4.69, 9.17) is 9.84 Å². The number of rotatable bonds is 7. The van der Waals surface area contributed by atoms with Gasteiger partial charge in [-0.3, -0.25) is 4.79 Å². The van der Waals surface area contributed by atoms with Crippen LogP contribution < -0.4 is 15.4 Å². The maximum absolute atomic E-state index is 12.3. The van der Waals surface area contributed by atoms with Crippen LogP contribution in [0, 0.1) is 0 Å². The van der Waals surface area contributed by atoms with E-state index in [0.717, 1.165) is 47.6 Å². The van der Waals surface area contributed by atoms with Crippen molar-refractivity contribution in [2.24, 2.45) is 0 Å². The number of benzene rings is 1. The Labute approximate surface area is 164 Å². The van der Waals surface area contributed by atoms with E-state index in [1.165, 1.54) is 0 Å². The normalized spacial score (nSPS) is 16.4. The monoisotopic (exact) mass is 379 g/mol. The van der Waals surface area contributed by atoms with Crippen molar-refractivity contribution >= 4 is 16.9 Å². The van der Waals surface area contributed by atoms with Crippen LogP contribution in [0.2, 0.25) is 0 Å². The summed E-state index contributed by atoms with van der Waals surface area (Å²) in [6.07, 6.45) is 3.21. The van der Waals surface area contributed by atoms with Crippen molar-refractivity contribution in [3.8, 4) is 5.75 Å². The molecule has 1 aromatic carbocycles. The van der Waals surface area contributed by atoms with Gasteiger partial charge in [0.05, 0.1) is 25.8 Å². The summed E-state index contributed by atoms with van der Waals surface area (Å²) in [5, 5.41) is 12.3. The molecule has 4 rings (SSSR count). The van der Waals surface area contributed by atoms with Gasteiger partial charge in [0.25, 0.3) is 0 Å². The van der Waals surface area contributed by atoms with Crippen molar-refractivity contribution in [1.29, 1.82) is 0 Å². The number of ether oxygens (including phenoxy) is 1. The number of hydrogen-bond donors (Lipinski definition) is 2. The highest BCUT2D eigenvalue weighted by molar-refractivity contribution is 5.79. The van der Waals surface area contributed by atoms with Gasteiger partial charge in [0.1, 0.15) is 5.75 Å². The first-order valence-electron chi connectivity index (χ1n) is 9.66. The number of fused-ring (bicyclic) bond motifs is 1. The predicted octanol–water partition coefficient (Wildman–Crippen LogP) is 1.88. The molecule has 0 spiro atoms. The zero-order chi connectivity index (χ0) is 19.3. The molecule has 3 aromatic rings. The number of pyridine rings is 1. The van der Waals surface area contributed by atoms with Crippen molar-refractivity contribution in [3.63, 3.8) is 0 Å². The maximum atomic E-state index is 12.3. The molecule has 3 heterocycles. The Morgan fingerprint density at radius 2 is 2.29 bits per heavy atom. The summed E-state index contributed by atoms with van der Waals surface area (Å²) in [4.78, 5) is 16.8. The first-order chi connectivity index (χ1) is 13.7. The molecule has 1 aliphatic heterocycles. The van der Waals surface area contributed by atoms with Gasteiger partial charge < -0.3 is 15.4 Å². The molecule has 0 bridgehead atoms. The number of carbonyl (C=O) groups excluding carboxylic acids is 1. The standard InChI is InChI=1S/C21H25N5O2/c1-28-17-5-2-4-15(12-17)13-19(27)23-10-11-26-21-18(6-3-8-24-21)20(25-26)16-7-9-22-14-16/h2-6,8,12,16,22H,7,9-11,13-14H2,1H3,(H,23,27)/t16-/m0/s1. The maximum Gasteiger partial charge on any atom is 0.224 e. The molecule has 0 aliphatic carbocycles. The Kier molecular flexibility index (Phi) is 5.53. The lowest BCUT2D eigenvalue weighted by molar-refractivity contribution is -0.120. The third-order valence-electron chi connectivity index (χ3n) is 5.13. The Bertz CT molecular complexity index is 962. The second-order valence-electron chi connectivity index (χ2n) is 7.05. The van der Waals surface area contributed by atoms with Crippen molar-refractivity contribution < 1.29 is 9.53 Å². The van der Waals surface area contributed by atoms with Crippen LogP contribution in [-0.2, 0) is 17.8 Å². The van der Waals surface area contributed by atoms with Gasteiger partial charge >= 0.3 is 0 Å². The van der Waals surface area contributed by atoms with Crippen LogP contribution in [0.15, 0.2) is 42.6 Å². The number of nitrogens with zero attached hydrogens (tertiary/aromatic N) is 3. The summed E-state index contributed by atoms with van der Waals surface area (Å²) in [6, 6.07) is 11.6. The van der Waals surface area contributed by atoms with Crippen LogP contribution in [0.25, 0.3) is 11.0 Å². The second kappa shape index (κ2) is 8.39. The largest absolute Gasteiger partial charge is 0.497 e. The predicted molar refractivity (Wildman–Crippen MR) is 107 cm³/mol. The van der Waals surface area contributed by atoms with E-state index in [0.29, 0.717) is 25.4 Å². The summed E-state index contributed by atoms with van der Waals surface area (Å²) < 4.78 is 7.12. The average molecular weight is 379 g/mol. The number of aromatic nitrogens is 3. The SMILES string of the molecule is COc1cccc(CC(=O)NCCn2nc([C@H]3CCNC3)c3cccnc32)c1. The minimum atomic E-state index is -0.0158. The van der Waals surface area contributed by atoms with Gasteiger partial charge in [-0.1, -0.05) is 12.1 Å². The summed E-state index contributed by atoms with van der Waals surface area (Å²) in [6.45, 7) is 3.09. The average Bonchev–Trinajstić information content (AvgIpc) is 3.36. The quantitative estimate of drug-likeness (QED) is 0.655. The van der Waals surface area contributed by atoms with Crippen molar-refractivity contribution in [2.45, 2.75) is 25.3 Å². The number of methoxy groups -OCH3 is 1. The molecule has 1 amide bonds. The van der Waals surface area contributed by atoms with Gasteiger partial charge in [-0.2, -0.15) is 5.10 Å². The van der Waals surface area contributed by atoms with Crippen LogP contribution >= 0.6 is 0 Å². The molecule has 1 saturated heterocycles. The van der Waals surface area contributed by atoms with E-state index in [-0.39, 0.29) is 5.91 Å². The van der Waals surface area contributed by atoms with Gasteiger partial charge in [0.15, 0.2) is 5.65 Å². The molecule has 146 valence electrons. The number of hydrogen-bond acceptors (Lipinski definition) is 5. The Balaban J connectivity index is 1.39. The van der Waals surface area contributed by atoms with Crippen LogP contribution in [0.5, 0.6) is 5.75 Å². The molecular formula is C21H25N5O2. The minimum Gasteiger partial charge on any atom is -0.497 e. The lowest BCUT2D eigenvalue weighted by Crippen LogP contribution is -2.29. The number of carbonyl (C=O) groups is 1. The van der Waals surface area contributed by atoms with E-state index in [9.17, 15) is 4.79 Å². The molecule has 2 aromatic heterocycles. The highest BCUT2D eigenvalue weighted by atomic mass is 16.5. The number of nitrogens with one attached hydrogen (secondary N) is 2. The van der Waals surface area contributed by atoms with Crippen LogP contribution in [0.3, 0.4) is 0 Å². The summed E-state index contributed by atoms with van der Waals surface area (Å²) in [5.41, 5.74) is 2.92. The molecule has 7 heteroatoms. The third kappa shape index (κ3) is 3.99. The Morgan fingerprint density at radius 3 is 3.11 bits per heavy atom. The van der Waals surface area contributed by atoms with E-state index in [2.05, 4.69) is 21.7 Å². The molecule has 1 atom stereocenters.